The molecule has 23 heavy (non-hydrogen) atoms. The van der Waals surface area contributed by atoms with Crippen LogP contribution in [0.3, 0.4) is 0 Å². The van der Waals surface area contributed by atoms with E-state index in [0.29, 0.717) is 5.56 Å². The van der Waals surface area contributed by atoms with Crippen LogP contribution in [0.5, 0.6) is 5.75 Å². The highest BCUT2D eigenvalue weighted by Gasteiger charge is 2.10. The molecule has 5 heteroatoms. The van der Waals surface area contributed by atoms with Crippen molar-refractivity contribution < 1.29 is 9.53 Å². The van der Waals surface area contributed by atoms with Gasteiger partial charge in [-0.05, 0) is 55.3 Å². The number of hydrogen-bond donors (Lipinski definition) is 1. The number of aromatic nitrogens is 1. The lowest BCUT2D eigenvalue weighted by Crippen LogP contribution is -2.13. The molecule has 0 unspecified atom stereocenters. The Bertz CT molecular complexity index is 853. The summed E-state index contributed by atoms with van der Waals surface area (Å²) >= 11 is 1.57. The first kappa shape index (κ1) is 15.5. The van der Waals surface area contributed by atoms with Crippen molar-refractivity contribution in [3.05, 3.63) is 53.1 Å². The zero-order chi connectivity index (χ0) is 16.4. The molecule has 0 aliphatic carbocycles. The molecule has 4 nitrogen and oxygen atoms in total. The van der Waals surface area contributed by atoms with Crippen LogP contribution in [0.4, 0.5) is 5.13 Å². The topological polar surface area (TPSA) is 51.2 Å². The maximum Gasteiger partial charge on any atom is 0.184 e. The molecule has 1 heterocycles. The number of methoxy groups -OCH3 is 1. The second-order valence-corrected chi connectivity index (χ2v) is 6.48. The van der Waals surface area contributed by atoms with E-state index in [-0.39, 0.29) is 12.3 Å². The zero-order valence-corrected chi connectivity index (χ0v) is 14.2. The van der Waals surface area contributed by atoms with Crippen LogP contribution in [0.15, 0.2) is 36.4 Å². The van der Waals surface area contributed by atoms with E-state index in [1.54, 1.807) is 42.7 Å². The smallest absolute Gasteiger partial charge is 0.184 e. The SMILES string of the molecule is COc1ccc(C(=O)CNc2nc3c(C)cc(C)cc3s2)cc1. The predicted octanol–water partition coefficient (Wildman–Crippen LogP) is 4.22. The second-order valence-electron chi connectivity index (χ2n) is 5.45. The third-order valence-electron chi connectivity index (χ3n) is 3.64. The summed E-state index contributed by atoms with van der Waals surface area (Å²) in [5.41, 5.74) is 4.04. The van der Waals surface area contributed by atoms with Crippen molar-refractivity contribution in [1.29, 1.82) is 0 Å². The quantitative estimate of drug-likeness (QED) is 0.713. The van der Waals surface area contributed by atoms with E-state index in [1.165, 1.54) is 5.56 Å². The van der Waals surface area contributed by atoms with E-state index in [2.05, 4.69) is 36.3 Å². The van der Waals surface area contributed by atoms with Gasteiger partial charge in [0.25, 0.3) is 0 Å². The summed E-state index contributed by atoms with van der Waals surface area (Å²) < 4.78 is 6.24. The van der Waals surface area contributed by atoms with Crippen molar-refractivity contribution >= 4 is 32.5 Å². The van der Waals surface area contributed by atoms with Crippen molar-refractivity contribution in [3.63, 3.8) is 0 Å². The lowest BCUT2D eigenvalue weighted by molar-refractivity contribution is 0.101. The number of aryl methyl sites for hydroxylation is 2. The standard InChI is InChI=1S/C18H18N2O2S/c1-11-8-12(2)17-16(9-11)23-18(20-17)19-10-15(21)13-4-6-14(22-3)7-5-13/h4-9H,10H2,1-3H3,(H,19,20). The third kappa shape index (κ3) is 3.35. The minimum absolute atomic E-state index is 0.0276. The van der Waals surface area contributed by atoms with Gasteiger partial charge in [-0.15, -0.1) is 0 Å². The number of benzene rings is 2. The molecule has 3 rings (SSSR count). The van der Waals surface area contributed by atoms with E-state index in [9.17, 15) is 4.79 Å². The van der Waals surface area contributed by atoms with Gasteiger partial charge in [0, 0.05) is 5.56 Å². The summed E-state index contributed by atoms with van der Waals surface area (Å²) in [5.74, 6) is 0.770. The first-order chi connectivity index (χ1) is 11.1. The average molecular weight is 326 g/mol. The van der Waals surface area contributed by atoms with Gasteiger partial charge in [0.05, 0.1) is 23.9 Å². The summed E-state index contributed by atoms with van der Waals surface area (Å²) in [4.78, 5) is 16.8. The highest BCUT2D eigenvalue weighted by Crippen LogP contribution is 2.29. The van der Waals surface area contributed by atoms with Crippen LogP contribution in [0.2, 0.25) is 0 Å². The molecule has 0 amide bonds. The number of Topliss-reactive ketones (excluding diaryl/α,β-unsaturated/α-hetero) is 1. The molecular formula is C18H18N2O2S. The Kier molecular flexibility index (Phi) is 4.30. The second kappa shape index (κ2) is 6.38. The van der Waals surface area contributed by atoms with Crippen molar-refractivity contribution in [2.24, 2.45) is 0 Å². The summed E-state index contributed by atoms with van der Waals surface area (Å²) in [6, 6.07) is 11.4. The maximum absolute atomic E-state index is 12.2. The highest BCUT2D eigenvalue weighted by atomic mass is 32.1. The molecule has 0 aliphatic rings. The Morgan fingerprint density at radius 1 is 1.22 bits per heavy atom. The molecule has 0 fully saturated rings. The summed E-state index contributed by atoms with van der Waals surface area (Å²) in [6.45, 7) is 4.36. The lowest BCUT2D eigenvalue weighted by atomic mass is 10.1. The van der Waals surface area contributed by atoms with Crippen LogP contribution in [0.1, 0.15) is 21.5 Å². The molecule has 1 aromatic heterocycles. The van der Waals surface area contributed by atoms with Gasteiger partial charge in [-0.2, -0.15) is 0 Å². The van der Waals surface area contributed by atoms with Crippen molar-refractivity contribution in [2.75, 3.05) is 19.0 Å². The Balaban J connectivity index is 1.72. The highest BCUT2D eigenvalue weighted by molar-refractivity contribution is 7.22. The summed E-state index contributed by atoms with van der Waals surface area (Å²) in [5, 5.41) is 3.91. The molecule has 0 saturated carbocycles. The largest absolute Gasteiger partial charge is 0.497 e. The fourth-order valence-electron chi connectivity index (χ4n) is 2.48. The molecule has 0 atom stereocenters. The van der Waals surface area contributed by atoms with Gasteiger partial charge in [0.2, 0.25) is 0 Å². The summed E-state index contributed by atoms with van der Waals surface area (Å²) in [6.07, 6.45) is 0. The fourth-order valence-corrected chi connectivity index (χ4v) is 3.52. The fraction of sp³-hybridized carbons (Fsp3) is 0.222. The number of rotatable bonds is 5. The van der Waals surface area contributed by atoms with Crippen LogP contribution < -0.4 is 10.1 Å². The molecule has 0 radical (unpaired) electrons. The van der Waals surface area contributed by atoms with Crippen LogP contribution >= 0.6 is 11.3 Å². The molecule has 1 N–H and O–H groups in total. The van der Waals surface area contributed by atoms with Crippen LogP contribution in [0.25, 0.3) is 10.2 Å². The molecule has 0 spiro atoms. The predicted molar refractivity (Wildman–Crippen MR) is 94.9 cm³/mol. The molecular weight excluding hydrogens is 308 g/mol. The maximum atomic E-state index is 12.2. The number of hydrogen-bond acceptors (Lipinski definition) is 5. The number of carbonyl (C=O) groups excluding carboxylic acids is 1. The third-order valence-corrected chi connectivity index (χ3v) is 4.60. The number of nitrogens with zero attached hydrogens (tertiary/aromatic N) is 1. The van der Waals surface area contributed by atoms with Gasteiger partial charge in [-0.25, -0.2) is 4.98 Å². The number of thiazole rings is 1. The number of fused-ring (bicyclic) bond motifs is 1. The van der Waals surface area contributed by atoms with Gasteiger partial charge in [-0.3, -0.25) is 4.79 Å². The minimum atomic E-state index is 0.0276. The van der Waals surface area contributed by atoms with Crippen LogP contribution in [-0.2, 0) is 0 Å². The molecule has 3 aromatic rings. The van der Waals surface area contributed by atoms with E-state index in [4.69, 9.17) is 4.74 Å². The summed E-state index contributed by atoms with van der Waals surface area (Å²) in [7, 11) is 1.61. The average Bonchev–Trinajstić information content (AvgIpc) is 2.96. The Morgan fingerprint density at radius 2 is 1.96 bits per heavy atom. The number of carbonyl (C=O) groups is 1. The van der Waals surface area contributed by atoms with Crippen molar-refractivity contribution in [2.45, 2.75) is 13.8 Å². The van der Waals surface area contributed by atoms with Gasteiger partial charge in [-0.1, -0.05) is 17.4 Å². The van der Waals surface area contributed by atoms with Gasteiger partial charge < -0.3 is 10.1 Å². The minimum Gasteiger partial charge on any atom is -0.497 e. The van der Waals surface area contributed by atoms with Crippen LogP contribution in [-0.4, -0.2) is 24.4 Å². The van der Waals surface area contributed by atoms with E-state index >= 15 is 0 Å². The van der Waals surface area contributed by atoms with Crippen molar-refractivity contribution in [1.82, 2.24) is 4.98 Å². The Morgan fingerprint density at radius 3 is 2.65 bits per heavy atom. The zero-order valence-electron chi connectivity index (χ0n) is 13.3. The number of anilines is 1. The molecule has 0 saturated heterocycles. The molecule has 118 valence electrons. The normalized spacial score (nSPS) is 10.7. The van der Waals surface area contributed by atoms with Crippen molar-refractivity contribution in [3.8, 4) is 5.75 Å². The van der Waals surface area contributed by atoms with E-state index in [0.717, 1.165) is 26.7 Å². The number of ketones is 1. The first-order valence-electron chi connectivity index (χ1n) is 7.36. The van der Waals surface area contributed by atoms with Crippen LogP contribution in [0, 0.1) is 13.8 Å². The van der Waals surface area contributed by atoms with Gasteiger partial charge >= 0.3 is 0 Å². The lowest BCUT2D eigenvalue weighted by Gasteiger charge is -2.03. The Labute approximate surface area is 139 Å². The Hall–Kier alpha value is -2.40. The molecule has 2 aromatic carbocycles. The van der Waals surface area contributed by atoms with E-state index in [1.807, 2.05) is 0 Å². The first-order valence-corrected chi connectivity index (χ1v) is 8.17. The number of ether oxygens (including phenoxy) is 1. The molecule has 0 aliphatic heterocycles. The monoisotopic (exact) mass is 326 g/mol. The van der Waals surface area contributed by atoms with Gasteiger partial charge in [0.15, 0.2) is 10.9 Å². The molecule has 0 bridgehead atoms. The van der Waals surface area contributed by atoms with Gasteiger partial charge in [0.1, 0.15) is 5.75 Å². The van der Waals surface area contributed by atoms with E-state index < -0.39 is 0 Å². The number of nitrogens with one attached hydrogen (secondary N) is 1.